The molecule has 0 radical (unpaired) electrons. The second-order valence-electron chi connectivity index (χ2n) is 10.1. The largest absolute Gasteiger partial charge is 0.544 e. The molecule has 1 aliphatic rings. The lowest BCUT2D eigenvalue weighted by Gasteiger charge is -2.54. The maximum absolute atomic E-state index is 14.6. The molecule has 1 saturated heterocycles. The first-order valence-electron chi connectivity index (χ1n) is 13.3. The fraction of sp³-hybridized carbons (Fsp3) is 0.387. The van der Waals surface area contributed by atoms with E-state index in [0.717, 1.165) is 17.5 Å². The van der Waals surface area contributed by atoms with E-state index in [1.807, 2.05) is 85.8 Å². The Balaban J connectivity index is 1.94. The molecule has 196 valence electrons. The molecule has 0 aromatic heterocycles. The zero-order valence-corrected chi connectivity index (χ0v) is 22.5. The molecule has 1 heterocycles. The van der Waals surface area contributed by atoms with Crippen LogP contribution in [0.15, 0.2) is 91.0 Å². The SMILES string of the molecule is CCC(c1ccccc1)C1CCC[N+](C(CC)c2ccccc2)(S(=O)(=O)Cc2ccccc2)C1C(=O)[O-]. The molecule has 5 atom stereocenters. The molecule has 5 unspecified atom stereocenters. The van der Waals surface area contributed by atoms with E-state index < -0.39 is 32.0 Å². The van der Waals surface area contributed by atoms with Crippen LogP contribution in [-0.4, -0.2) is 30.9 Å². The van der Waals surface area contributed by atoms with E-state index >= 15 is 0 Å². The minimum Gasteiger partial charge on any atom is -0.544 e. The summed E-state index contributed by atoms with van der Waals surface area (Å²) in [4.78, 5) is 13.2. The summed E-state index contributed by atoms with van der Waals surface area (Å²) in [6.07, 6.45) is 2.50. The van der Waals surface area contributed by atoms with Crippen molar-refractivity contribution in [3.05, 3.63) is 108 Å². The standard InChI is InChI=1S/C31H37NO4S/c1-3-27(25-17-10-6-11-18-25)28-21-14-22-32(30(28)31(33)34,29(4-2)26-19-12-7-13-20-26)37(35,36)23-24-15-8-5-9-16-24/h5-13,15-20,27-30H,3-4,14,21-23H2,1-2H3. The number of carbonyl (C=O) groups excluding carboxylic acids is 1. The van der Waals surface area contributed by atoms with Gasteiger partial charge in [0.05, 0.1) is 6.54 Å². The van der Waals surface area contributed by atoms with Crippen LogP contribution in [-0.2, 0) is 20.6 Å². The van der Waals surface area contributed by atoms with Crippen LogP contribution in [0.2, 0.25) is 0 Å². The Morgan fingerprint density at radius 1 is 0.865 bits per heavy atom. The molecule has 0 N–H and O–H groups in total. The van der Waals surface area contributed by atoms with Gasteiger partial charge >= 0.3 is 10.0 Å². The highest BCUT2D eigenvalue weighted by molar-refractivity contribution is 7.85. The van der Waals surface area contributed by atoms with E-state index in [9.17, 15) is 18.3 Å². The number of piperidine rings is 1. The van der Waals surface area contributed by atoms with Gasteiger partial charge in [0.15, 0.2) is 0 Å². The topological polar surface area (TPSA) is 74.3 Å². The van der Waals surface area contributed by atoms with Gasteiger partial charge < -0.3 is 9.90 Å². The third-order valence-electron chi connectivity index (χ3n) is 8.16. The van der Waals surface area contributed by atoms with E-state index in [4.69, 9.17) is 0 Å². The third kappa shape index (κ3) is 5.23. The van der Waals surface area contributed by atoms with Crippen LogP contribution in [0.1, 0.15) is 68.2 Å². The maximum atomic E-state index is 14.6. The Labute approximate surface area is 221 Å². The van der Waals surface area contributed by atoms with Gasteiger partial charge in [-0.1, -0.05) is 105 Å². The molecular weight excluding hydrogens is 482 g/mol. The summed E-state index contributed by atoms with van der Waals surface area (Å²) in [5.41, 5.74) is 2.56. The molecule has 5 nitrogen and oxygen atoms in total. The number of nitrogens with zero attached hydrogens (tertiary/aromatic N) is 1. The lowest BCUT2D eigenvalue weighted by atomic mass is 9.74. The smallest absolute Gasteiger partial charge is 0.302 e. The van der Waals surface area contributed by atoms with E-state index in [1.54, 1.807) is 12.1 Å². The van der Waals surface area contributed by atoms with Gasteiger partial charge in [-0.2, -0.15) is 8.42 Å². The molecule has 3 aromatic carbocycles. The van der Waals surface area contributed by atoms with Crippen LogP contribution in [0.3, 0.4) is 0 Å². The second kappa shape index (κ2) is 11.6. The minimum atomic E-state index is -3.99. The predicted molar refractivity (Wildman–Crippen MR) is 145 cm³/mol. The molecule has 1 fully saturated rings. The molecule has 3 aromatic rings. The van der Waals surface area contributed by atoms with Gasteiger partial charge in [-0.3, -0.25) is 0 Å². The van der Waals surface area contributed by atoms with Gasteiger partial charge in [0, 0.05) is 17.9 Å². The monoisotopic (exact) mass is 519 g/mol. The minimum absolute atomic E-state index is 0.0814. The number of hydrogen-bond donors (Lipinski definition) is 0. The molecule has 0 saturated carbocycles. The summed E-state index contributed by atoms with van der Waals surface area (Å²) in [7, 11) is -3.99. The van der Waals surface area contributed by atoms with Crippen molar-refractivity contribution >= 4 is 16.0 Å². The Morgan fingerprint density at radius 2 is 1.41 bits per heavy atom. The number of sulfonamides is 1. The Morgan fingerprint density at radius 3 is 1.92 bits per heavy atom. The molecule has 0 spiro atoms. The third-order valence-corrected chi connectivity index (χ3v) is 10.6. The highest BCUT2D eigenvalue weighted by Gasteiger charge is 2.59. The summed E-state index contributed by atoms with van der Waals surface area (Å²) >= 11 is 0. The van der Waals surface area contributed by atoms with Gasteiger partial charge in [0.25, 0.3) is 0 Å². The fourth-order valence-corrected chi connectivity index (χ4v) is 9.20. The number of carboxylic acids is 1. The highest BCUT2D eigenvalue weighted by Crippen LogP contribution is 2.49. The summed E-state index contributed by atoms with van der Waals surface area (Å²) in [6.45, 7) is 4.27. The highest BCUT2D eigenvalue weighted by atomic mass is 32.2. The van der Waals surface area contributed by atoms with Gasteiger partial charge in [0.1, 0.15) is 23.8 Å². The van der Waals surface area contributed by atoms with Crippen LogP contribution in [0.25, 0.3) is 0 Å². The van der Waals surface area contributed by atoms with E-state index in [0.29, 0.717) is 24.8 Å². The van der Waals surface area contributed by atoms with Gasteiger partial charge in [-0.05, 0) is 36.3 Å². The number of carboxylic acid groups (broad SMARTS) is 1. The van der Waals surface area contributed by atoms with E-state index in [1.165, 1.54) is 0 Å². The quantitative estimate of drug-likeness (QED) is 0.345. The molecule has 6 heteroatoms. The summed E-state index contributed by atoms with van der Waals surface area (Å²) in [5, 5.41) is 13.2. The van der Waals surface area contributed by atoms with Gasteiger partial charge in [0.2, 0.25) is 0 Å². The zero-order valence-electron chi connectivity index (χ0n) is 21.7. The van der Waals surface area contributed by atoms with E-state index in [-0.39, 0.29) is 24.1 Å². The molecule has 37 heavy (non-hydrogen) atoms. The lowest BCUT2D eigenvalue weighted by Crippen LogP contribution is -2.70. The van der Waals surface area contributed by atoms with Crippen molar-refractivity contribution in [2.75, 3.05) is 6.54 Å². The van der Waals surface area contributed by atoms with Crippen LogP contribution in [0.5, 0.6) is 0 Å². The predicted octanol–water partition coefficient (Wildman–Crippen LogP) is 5.21. The Kier molecular flexibility index (Phi) is 8.50. The fourth-order valence-electron chi connectivity index (χ4n) is 6.69. The van der Waals surface area contributed by atoms with Gasteiger partial charge in [-0.15, -0.1) is 0 Å². The van der Waals surface area contributed by atoms with E-state index in [2.05, 4.69) is 6.92 Å². The molecule has 0 bridgehead atoms. The zero-order chi connectivity index (χ0) is 26.5. The normalized spacial score (nSPS) is 23.7. The molecular formula is C31H37NO4S. The van der Waals surface area contributed by atoms with Crippen molar-refractivity contribution in [1.82, 2.24) is 0 Å². The van der Waals surface area contributed by atoms with Crippen LogP contribution in [0, 0.1) is 5.92 Å². The first-order valence-corrected chi connectivity index (χ1v) is 14.9. The number of rotatable bonds is 10. The Bertz CT molecular complexity index is 1260. The number of hydrogen-bond acceptors (Lipinski definition) is 4. The lowest BCUT2D eigenvalue weighted by molar-refractivity contribution is -0.869. The molecule has 0 aliphatic carbocycles. The van der Waals surface area contributed by atoms with Crippen molar-refractivity contribution in [1.29, 1.82) is 0 Å². The number of aliphatic carboxylic acids is 1. The van der Waals surface area contributed by atoms with Crippen molar-refractivity contribution in [2.45, 2.75) is 63.3 Å². The maximum Gasteiger partial charge on any atom is 0.302 e. The number of carbonyl (C=O) groups is 1. The van der Waals surface area contributed by atoms with Gasteiger partial charge in [-0.25, -0.2) is 3.89 Å². The number of quaternary nitrogens is 1. The summed E-state index contributed by atoms with van der Waals surface area (Å²) in [6, 6.07) is 26.8. The number of likely N-dealkylation sites (tertiary alicyclic amines) is 1. The van der Waals surface area contributed by atoms with Crippen LogP contribution in [0.4, 0.5) is 0 Å². The molecule has 4 rings (SSSR count). The van der Waals surface area contributed by atoms with Crippen LogP contribution >= 0.6 is 0 Å². The summed E-state index contributed by atoms with van der Waals surface area (Å²) in [5.74, 6) is -1.93. The average Bonchev–Trinajstić information content (AvgIpc) is 2.91. The Hall–Kier alpha value is -2.96. The number of benzene rings is 3. The second-order valence-corrected chi connectivity index (χ2v) is 12.3. The summed E-state index contributed by atoms with van der Waals surface area (Å²) < 4.78 is 28.8. The molecule has 1 aliphatic heterocycles. The molecule has 0 amide bonds. The van der Waals surface area contributed by atoms with Crippen molar-refractivity contribution < 1.29 is 22.2 Å². The first-order chi connectivity index (χ1) is 17.9. The van der Waals surface area contributed by atoms with Crippen LogP contribution < -0.4 is 5.11 Å². The van der Waals surface area contributed by atoms with Crippen molar-refractivity contribution in [3.8, 4) is 0 Å². The van der Waals surface area contributed by atoms with Crippen molar-refractivity contribution in [2.24, 2.45) is 5.92 Å². The average molecular weight is 520 g/mol. The van der Waals surface area contributed by atoms with Crippen molar-refractivity contribution in [3.63, 3.8) is 0 Å². The first kappa shape index (κ1) is 27.1.